The summed E-state index contributed by atoms with van der Waals surface area (Å²) < 4.78 is 5.01. The fraction of sp³-hybridized carbons (Fsp3) is 0.105. The smallest absolute Gasteiger partial charge is 0.339 e. The number of anilines is 2. The number of benzene rings is 2. The average molecular weight is 413 g/mol. The Bertz CT molecular complexity index is 1060. The Morgan fingerprint density at radius 3 is 2.45 bits per heavy atom. The van der Waals surface area contributed by atoms with Crippen LogP contribution in [0.3, 0.4) is 0 Å². The van der Waals surface area contributed by atoms with Crippen molar-refractivity contribution in [2.45, 2.75) is 0 Å². The van der Waals surface area contributed by atoms with Crippen molar-refractivity contribution in [3.8, 4) is 11.8 Å². The van der Waals surface area contributed by atoms with Gasteiger partial charge in [0, 0.05) is 5.02 Å². The van der Waals surface area contributed by atoms with Crippen LogP contribution in [0.25, 0.3) is 0 Å². The van der Waals surface area contributed by atoms with Gasteiger partial charge in [-0.3, -0.25) is 14.4 Å². The highest BCUT2D eigenvalue weighted by molar-refractivity contribution is 6.53. The number of ether oxygens (including phenoxy) is 1. The van der Waals surface area contributed by atoms with Crippen LogP contribution in [-0.2, 0) is 14.4 Å². The minimum atomic E-state index is -1.13. The van der Waals surface area contributed by atoms with Gasteiger partial charge in [0.1, 0.15) is 18.4 Å². The molecule has 146 valence electrons. The molecule has 1 aliphatic rings. The maximum Gasteiger partial charge on any atom is 0.339 e. The maximum absolute atomic E-state index is 12.6. The van der Waals surface area contributed by atoms with Gasteiger partial charge in [0.05, 0.1) is 24.0 Å². The average Bonchev–Trinajstić information content (AvgIpc) is 2.91. The van der Waals surface area contributed by atoms with Gasteiger partial charge >= 0.3 is 17.8 Å². The van der Waals surface area contributed by atoms with E-state index in [0.29, 0.717) is 15.5 Å². The molecule has 0 aromatic heterocycles. The Hall–Kier alpha value is -3.90. The van der Waals surface area contributed by atoms with Gasteiger partial charge < -0.3 is 10.1 Å². The Morgan fingerprint density at radius 1 is 1.14 bits per heavy atom. The summed E-state index contributed by atoms with van der Waals surface area (Å²) in [5, 5.41) is 11.8. The molecule has 0 bridgehead atoms. The number of nitrogens with one attached hydrogen (secondary N) is 1. The Kier molecular flexibility index (Phi) is 5.47. The molecule has 0 atom stereocenters. The normalized spacial score (nSPS) is 13.5. The van der Waals surface area contributed by atoms with Crippen molar-refractivity contribution in [3.05, 3.63) is 53.1 Å². The minimum absolute atomic E-state index is 0.127. The molecule has 29 heavy (non-hydrogen) atoms. The standard InChI is InChI=1S/C19H13ClN4O5/c1-29-14-6-4-13(5-7-14)24-18(27)17(26)23(19(24)28)10-16(25)22-15-8-12(20)3-2-11(15)9-21/h2-8H,10H2,1H3,(H,22,25). The molecule has 0 saturated carbocycles. The maximum atomic E-state index is 12.6. The molecular weight excluding hydrogens is 400 g/mol. The molecular formula is C19H13ClN4O5. The first-order chi connectivity index (χ1) is 13.8. The summed E-state index contributed by atoms with van der Waals surface area (Å²) in [5.41, 5.74) is 0.443. The number of carbonyl (C=O) groups is 4. The van der Waals surface area contributed by atoms with E-state index in [4.69, 9.17) is 21.6 Å². The van der Waals surface area contributed by atoms with E-state index in [2.05, 4.69) is 5.32 Å². The van der Waals surface area contributed by atoms with Gasteiger partial charge in [0.2, 0.25) is 5.91 Å². The number of imide groups is 2. The van der Waals surface area contributed by atoms with Gasteiger partial charge in [-0.15, -0.1) is 0 Å². The Balaban J connectivity index is 1.77. The summed E-state index contributed by atoms with van der Waals surface area (Å²) in [5.74, 6) is -2.47. The summed E-state index contributed by atoms with van der Waals surface area (Å²) in [4.78, 5) is 50.6. The lowest BCUT2D eigenvalue weighted by Gasteiger charge is -2.16. The third-order valence-electron chi connectivity index (χ3n) is 4.06. The third kappa shape index (κ3) is 3.88. The SMILES string of the molecule is COc1ccc(N2C(=O)C(=O)N(CC(=O)Nc3cc(Cl)ccc3C#N)C2=O)cc1. The molecule has 2 aromatic rings. The number of methoxy groups -OCH3 is 1. The van der Waals surface area contributed by atoms with E-state index < -0.39 is 30.3 Å². The lowest BCUT2D eigenvalue weighted by molar-refractivity contribution is -0.140. The molecule has 0 aliphatic carbocycles. The van der Waals surface area contributed by atoms with Crippen molar-refractivity contribution in [3.63, 3.8) is 0 Å². The Labute approximate surface area is 170 Å². The summed E-state index contributed by atoms with van der Waals surface area (Å²) in [6.07, 6.45) is 0. The number of nitriles is 1. The number of carbonyl (C=O) groups excluding carboxylic acids is 4. The van der Waals surface area contributed by atoms with Crippen LogP contribution in [0.2, 0.25) is 5.02 Å². The second-order valence-electron chi connectivity index (χ2n) is 5.86. The first-order valence-corrected chi connectivity index (χ1v) is 8.57. The van der Waals surface area contributed by atoms with Crippen molar-refractivity contribution < 1.29 is 23.9 Å². The van der Waals surface area contributed by atoms with E-state index >= 15 is 0 Å². The minimum Gasteiger partial charge on any atom is -0.497 e. The lowest BCUT2D eigenvalue weighted by atomic mass is 10.2. The van der Waals surface area contributed by atoms with E-state index in [1.54, 1.807) is 0 Å². The first kappa shape index (κ1) is 19.9. The molecule has 1 heterocycles. The molecule has 1 aliphatic heterocycles. The molecule has 5 amide bonds. The predicted molar refractivity (Wildman–Crippen MR) is 102 cm³/mol. The molecule has 1 saturated heterocycles. The predicted octanol–water partition coefficient (Wildman–Crippen LogP) is 2.15. The van der Waals surface area contributed by atoms with Crippen LogP contribution in [0, 0.1) is 11.3 Å². The fourth-order valence-electron chi connectivity index (χ4n) is 2.65. The molecule has 0 unspecified atom stereocenters. The number of amides is 5. The molecule has 2 aromatic carbocycles. The number of rotatable bonds is 5. The number of hydrogen-bond acceptors (Lipinski definition) is 6. The van der Waals surface area contributed by atoms with Crippen molar-refractivity contribution >= 4 is 46.7 Å². The quantitative estimate of drug-likeness (QED) is 0.593. The van der Waals surface area contributed by atoms with Crippen molar-refractivity contribution in [2.24, 2.45) is 0 Å². The Morgan fingerprint density at radius 2 is 1.83 bits per heavy atom. The van der Waals surface area contributed by atoms with Gasteiger partial charge in [0.25, 0.3) is 0 Å². The highest BCUT2D eigenvalue weighted by atomic mass is 35.5. The van der Waals surface area contributed by atoms with E-state index in [1.807, 2.05) is 6.07 Å². The first-order valence-electron chi connectivity index (χ1n) is 8.19. The second-order valence-corrected chi connectivity index (χ2v) is 6.30. The van der Waals surface area contributed by atoms with Crippen molar-refractivity contribution in [1.82, 2.24) is 4.90 Å². The van der Waals surface area contributed by atoms with E-state index in [0.717, 1.165) is 0 Å². The van der Waals surface area contributed by atoms with Gasteiger partial charge in [0.15, 0.2) is 0 Å². The van der Waals surface area contributed by atoms with Crippen LogP contribution in [0.15, 0.2) is 42.5 Å². The number of urea groups is 1. The second kappa shape index (κ2) is 8.00. The topological polar surface area (TPSA) is 120 Å². The highest BCUT2D eigenvalue weighted by Gasteiger charge is 2.46. The van der Waals surface area contributed by atoms with E-state index in [1.165, 1.54) is 49.6 Å². The van der Waals surface area contributed by atoms with Crippen molar-refractivity contribution in [2.75, 3.05) is 23.9 Å². The van der Waals surface area contributed by atoms with Crippen LogP contribution in [0.1, 0.15) is 5.56 Å². The number of hydrogen-bond donors (Lipinski definition) is 1. The zero-order chi connectivity index (χ0) is 21.1. The zero-order valence-electron chi connectivity index (χ0n) is 15.0. The summed E-state index contributed by atoms with van der Waals surface area (Å²) >= 11 is 5.86. The van der Waals surface area contributed by atoms with Gasteiger partial charge in [-0.25, -0.2) is 14.6 Å². The largest absolute Gasteiger partial charge is 0.497 e. The number of nitrogens with zero attached hydrogens (tertiary/aromatic N) is 3. The molecule has 0 spiro atoms. The van der Waals surface area contributed by atoms with Crippen LogP contribution in [0.5, 0.6) is 5.75 Å². The highest BCUT2D eigenvalue weighted by Crippen LogP contribution is 2.25. The zero-order valence-corrected chi connectivity index (χ0v) is 15.8. The molecule has 1 fully saturated rings. The van der Waals surface area contributed by atoms with E-state index in [9.17, 15) is 19.2 Å². The molecule has 10 heteroatoms. The van der Waals surface area contributed by atoms with Gasteiger partial charge in [-0.2, -0.15) is 5.26 Å². The molecule has 9 nitrogen and oxygen atoms in total. The third-order valence-corrected chi connectivity index (χ3v) is 4.30. The monoisotopic (exact) mass is 412 g/mol. The summed E-state index contributed by atoms with van der Waals surface area (Å²) in [6, 6.07) is 11.1. The van der Waals surface area contributed by atoms with Crippen LogP contribution < -0.4 is 15.0 Å². The summed E-state index contributed by atoms with van der Waals surface area (Å²) in [6.45, 7) is -0.701. The van der Waals surface area contributed by atoms with Crippen LogP contribution >= 0.6 is 11.6 Å². The molecule has 3 rings (SSSR count). The van der Waals surface area contributed by atoms with Gasteiger partial charge in [-0.1, -0.05) is 11.6 Å². The van der Waals surface area contributed by atoms with Crippen LogP contribution in [-0.4, -0.2) is 42.3 Å². The fourth-order valence-corrected chi connectivity index (χ4v) is 2.83. The van der Waals surface area contributed by atoms with Gasteiger partial charge in [-0.05, 0) is 42.5 Å². The summed E-state index contributed by atoms with van der Waals surface area (Å²) in [7, 11) is 1.46. The molecule has 0 radical (unpaired) electrons. The number of halogens is 1. The van der Waals surface area contributed by atoms with Crippen LogP contribution in [0.4, 0.5) is 16.2 Å². The van der Waals surface area contributed by atoms with Crippen molar-refractivity contribution in [1.29, 1.82) is 5.26 Å². The molecule has 1 N–H and O–H groups in total. The lowest BCUT2D eigenvalue weighted by Crippen LogP contribution is -2.39. The van der Waals surface area contributed by atoms with E-state index in [-0.39, 0.29) is 22.0 Å².